The molecular weight excluding hydrogens is 642 g/mol. The Kier molecular flexibility index (Phi) is 16.8. The summed E-state index contributed by atoms with van der Waals surface area (Å²) in [5.74, 6) is -20.0. The summed E-state index contributed by atoms with van der Waals surface area (Å²) in [6.45, 7) is 2.82. The summed E-state index contributed by atoms with van der Waals surface area (Å²) < 4.78 is 15.8. The number of nitrogens with one attached hydrogen (secondary N) is 1. The van der Waals surface area contributed by atoms with Gasteiger partial charge in [-0.15, -0.1) is 0 Å². The summed E-state index contributed by atoms with van der Waals surface area (Å²) in [7, 11) is 3.24. The number of carboxylic acids is 5. The second-order valence-corrected chi connectivity index (χ2v) is 11.3. The normalized spacial score (nSPS) is 17.0. The molecule has 0 aromatic heterocycles. The highest BCUT2D eigenvalue weighted by atomic mass is 16.5. The number of hydrogen-bond donors (Lipinski definition) is 8. The minimum absolute atomic E-state index is 0.00419. The van der Waals surface area contributed by atoms with Crippen molar-refractivity contribution in [2.24, 2.45) is 35.5 Å². The van der Waals surface area contributed by atoms with Gasteiger partial charge in [-0.3, -0.25) is 28.8 Å². The van der Waals surface area contributed by atoms with Crippen LogP contribution in [0.15, 0.2) is 18.2 Å². The van der Waals surface area contributed by atoms with Crippen molar-refractivity contribution in [1.82, 2.24) is 5.32 Å². The number of carbonyl (C=O) groups is 6. The van der Waals surface area contributed by atoms with Crippen LogP contribution in [-0.4, -0.2) is 118 Å². The number of phenols is 2. The zero-order chi connectivity index (χ0) is 36.9. The Morgan fingerprint density at radius 3 is 1.48 bits per heavy atom. The average molecular weight is 688 g/mol. The molecule has 48 heavy (non-hydrogen) atoms. The largest absolute Gasteiger partial charge is 0.504 e. The first-order valence-corrected chi connectivity index (χ1v) is 15.0. The number of carboxylic acid groups (broad SMARTS) is 5. The molecule has 0 radical (unpaired) electrons. The highest BCUT2D eigenvalue weighted by Gasteiger charge is 2.48. The van der Waals surface area contributed by atoms with Crippen LogP contribution in [0, 0.1) is 35.5 Å². The third-order valence-corrected chi connectivity index (χ3v) is 8.55. The zero-order valence-corrected chi connectivity index (χ0v) is 27.3. The van der Waals surface area contributed by atoms with Crippen LogP contribution in [0.1, 0.15) is 38.7 Å². The van der Waals surface area contributed by atoms with Gasteiger partial charge in [0.25, 0.3) is 0 Å². The van der Waals surface area contributed by atoms with Crippen LogP contribution in [0.4, 0.5) is 0 Å². The van der Waals surface area contributed by atoms with Crippen molar-refractivity contribution in [3.05, 3.63) is 23.8 Å². The molecule has 1 amide bonds. The second kappa shape index (κ2) is 19.4. The fraction of sp³-hybridized carbons (Fsp3) is 0.613. The number of aromatic hydroxyl groups is 2. The van der Waals surface area contributed by atoms with Crippen molar-refractivity contribution in [3.8, 4) is 11.5 Å². The number of carbonyl (C=O) groups excluding carboxylic acids is 1. The molecule has 0 heterocycles. The Morgan fingerprint density at radius 2 is 1.10 bits per heavy atom. The fourth-order valence-electron chi connectivity index (χ4n) is 5.90. The quantitative estimate of drug-likeness (QED) is 0.0748. The van der Waals surface area contributed by atoms with Crippen molar-refractivity contribution in [2.75, 3.05) is 27.9 Å². The summed E-state index contributed by atoms with van der Waals surface area (Å²) in [5.41, 5.74) is 0.548. The molecule has 0 aliphatic carbocycles. The van der Waals surface area contributed by atoms with Crippen LogP contribution < -0.4 is 5.32 Å². The number of hydrogen-bond acceptors (Lipinski definition) is 11. The molecule has 17 nitrogen and oxygen atoms in total. The molecule has 0 aliphatic heterocycles. The summed E-state index contributed by atoms with van der Waals surface area (Å²) in [6, 6.07) is 4.04. The fourth-order valence-corrected chi connectivity index (χ4v) is 5.90. The second-order valence-electron chi connectivity index (χ2n) is 11.3. The standard InChI is InChI=1S/C31H45NO16/c1-6-20(46-3)24(30(42)43)16(27(36)37)13-22(48-5)25(31(44)45)17(28(38)39)12-21(47-4)23(29(40)41)14(2)26(35)32-10-9-15-7-8-18(33)19(34)11-15/h7-8,11,14,16-17,20-25,33-34H,6,9-10,12-13H2,1-5H3,(H,32,35)(H,36,37)(H,38,39)(H,40,41)(H,42,43)(H,44,45). The number of methoxy groups -OCH3 is 3. The van der Waals surface area contributed by atoms with Crippen LogP contribution >= 0.6 is 0 Å². The van der Waals surface area contributed by atoms with Gasteiger partial charge >= 0.3 is 29.8 Å². The minimum atomic E-state index is -2.01. The highest BCUT2D eigenvalue weighted by molar-refractivity contribution is 5.85. The minimum Gasteiger partial charge on any atom is -0.504 e. The summed E-state index contributed by atoms with van der Waals surface area (Å²) >= 11 is 0. The van der Waals surface area contributed by atoms with Crippen LogP contribution in [0.2, 0.25) is 0 Å². The van der Waals surface area contributed by atoms with Crippen molar-refractivity contribution >= 4 is 35.8 Å². The van der Waals surface area contributed by atoms with Crippen molar-refractivity contribution < 1.29 is 78.7 Å². The molecule has 8 N–H and O–H groups in total. The van der Waals surface area contributed by atoms with Gasteiger partial charge in [0.15, 0.2) is 11.5 Å². The number of phenolic OH excluding ortho intramolecular Hbond substituents is 2. The molecule has 0 aliphatic rings. The molecule has 1 aromatic carbocycles. The summed E-state index contributed by atoms with van der Waals surface area (Å²) in [4.78, 5) is 74.8. The van der Waals surface area contributed by atoms with Gasteiger partial charge in [0.2, 0.25) is 5.91 Å². The third-order valence-electron chi connectivity index (χ3n) is 8.55. The smallest absolute Gasteiger partial charge is 0.310 e. The van der Waals surface area contributed by atoms with Gasteiger partial charge in [-0.1, -0.05) is 19.9 Å². The average Bonchev–Trinajstić information content (AvgIpc) is 3.01. The number of ether oxygens (including phenoxy) is 3. The lowest BCUT2D eigenvalue weighted by atomic mass is 9.74. The first-order valence-electron chi connectivity index (χ1n) is 15.0. The Hall–Kier alpha value is -4.48. The summed E-state index contributed by atoms with van der Waals surface area (Å²) in [6.07, 6.45) is -5.54. The Balaban J connectivity index is 3.35. The van der Waals surface area contributed by atoms with E-state index in [9.17, 15) is 64.5 Å². The van der Waals surface area contributed by atoms with Gasteiger partial charge in [-0.2, -0.15) is 0 Å². The maximum absolute atomic E-state index is 13.0. The van der Waals surface area contributed by atoms with Crippen LogP contribution in [0.5, 0.6) is 11.5 Å². The summed E-state index contributed by atoms with van der Waals surface area (Å²) in [5, 5.41) is 71.8. The molecule has 0 saturated carbocycles. The predicted octanol–water partition coefficient (Wildman–Crippen LogP) is 1.13. The molecule has 0 spiro atoms. The van der Waals surface area contributed by atoms with E-state index in [1.165, 1.54) is 32.2 Å². The van der Waals surface area contributed by atoms with Crippen molar-refractivity contribution in [1.29, 1.82) is 0 Å². The molecule has 9 unspecified atom stereocenters. The lowest BCUT2D eigenvalue weighted by Crippen LogP contribution is -2.48. The molecule has 270 valence electrons. The lowest BCUT2D eigenvalue weighted by Gasteiger charge is -2.34. The van der Waals surface area contributed by atoms with E-state index in [0.29, 0.717) is 5.56 Å². The zero-order valence-electron chi connectivity index (χ0n) is 27.3. The van der Waals surface area contributed by atoms with E-state index in [1.807, 2.05) is 0 Å². The van der Waals surface area contributed by atoms with E-state index in [-0.39, 0.29) is 30.9 Å². The number of benzene rings is 1. The number of aliphatic carboxylic acids is 5. The molecule has 17 heteroatoms. The SMILES string of the molecule is CCC(OC)C(C(=O)O)C(CC(OC)C(C(=O)O)C(CC(OC)C(C(=O)O)C(C)C(=O)NCCc1ccc(O)c(O)c1)C(=O)O)C(=O)O. The molecule has 9 atom stereocenters. The maximum atomic E-state index is 13.0. The highest BCUT2D eigenvalue weighted by Crippen LogP contribution is 2.35. The maximum Gasteiger partial charge on any atom is 0.310 e. The Labute approximate surface area is 276 Å². The molecular formula is C31H45NO16. The third kappa shape index (κ3) is 11.1. The topological polar surface area (TPSA) is 284 Å². The van der Waals surface area contributed by atoms with E-state index in [2.05, 4.69) is 5.32 Å². The van der Waals surface area contributed by atoms with Crippen LogP contribution in [0.3, 0.4) is 0 Å². The van der Waals surface area contributed by atoms with E-state index in [4.69, 9.17) is 14.2 Å². The van der Waals surface area contributed by atoms with Gasteiger partial charge in [-0.25, -0.2) is 0 Å². The van der Waals surface area contributed by atoms with E-state index < -0.39 is 102 Å². The molecule has 0 saturated heterocycles. The van der Waals surface area contributed by atoms with Crippen LogP contribution in [-0.2, 0) is 49.4 Å². The first kappa shape index (κ1) is 41.5. The lowest BCUT2D eigenvalue weighted by molar-refractivity contribution is -0.169. The molecule has 0 fully saturated rings. The molecule has 1 rings (SSSR count). The van der Waals surface area contributed by atoms with Crippen molar-refractivity contribution in [2.45, 2.75) is 57.8 Å². The first-order chi connectivity index (χ1) is 22.5. The van der Waals surface area contributed by atoms with Gasteiger partial charge in [0.1, 0.15) is 0 Å². The van der Waals surface area contributed by atoms with Gasteiger partial charge in [-0.05, 0) is 43.4 Å². The number of amides is 1. The Bertz CT molecular complexity index is 1280. The van der Waals surface area contributed by atoms with E-state index in [0.717, 1.165) is 14.2 Å². The van der Waals surface area contributed by atoms with E-state index >= 15 is 0 Å². The molecule has 0 bridgehead atoms. The van der Waals surface area contributed by atoms with Crippen molar-refractivity contribution in [3.63, 3.8) is 0 Å². The van der Waals surface area contributed by atoms with Crippen LogP contribution in [0.25, 0.3) is 0 Å². The van der Waals surface area contributed by atoms with Gasteiger partial charge in [0, 0.05) is 27.9 Å². The predicted molar refractivity (Wildman–Crippen MR) is 163 cm³/mol. The molecule has 1 aromatic rings. The van der Waals surface area contributed by atoms with Gasteiger partial charge in [0.05, 0.1) is 53.8 Å². The monoisotopic (exact) mass is 687 g/mol. The van der Waals surface area contributed by atoms with Gasteiger partial charge < -0.3 is 55.3 Å². The van der Waals surface area contributed by atoms with E-state index in [1.54, 1.807) is 6.92 Å². The Morgan fingerprint density at radius 1 is 0.667 bits per heavy atom. The number of rotatable bonds is 23.